The van der Waals surface area contributed by atoms with E-state index in [2.05, 4.69) is 53.7 Å². The van der Waals surface area contributed by atoms with E-state index in [9.17, 15) is 4.79 Å². The van der Waals surface area contributed by atoms with Gasteiger partial charge in [-0.05, 0) is 37.0 Å². The first-order valence-electron chi connectivity index (χ1n) is 6.86. The number of carbonyl (C=O) groups excluding carboxylic acids is 1. The van der Waals surface area contributed by atoms with E-state index in [1.165, 1.54) is 28.5 Å². The van der Waals surface area contributed by atoms with E-state index in [1.807, 2.05) is 0 Å². The summed E-state index contributed by atoms with van der Waals surface area (Å²) in [6, 6.07) is 4.52. The van der Waals surface area contributed by atoms with Crippen molar-refractivity contribution in [2.75, 3.05) is 0 Å². The van der Waals surface area contributed by atoms with Crippen LogP contribution in [0.3, 0.4) is 0 Å². The van der Waals surface area contributed by atoms with E-state index in [0.29, 0.717) is 0 Å². The van der Waals surface area contributed by atoms with Crippen LogP contribution in [-0.2, 0) is 15.6 Å². The van der Waals surface area contributed by atoms with Crippen LogP contribution in [0.5, 0.6) is 0 Å². The minimum atomic E-state index is -0.0569. The van der Waals surface area contributed by atoms with Crippen molar-refractivity contribution in [2.45, 2.75) is 58.8 Å². The average molecular weight is 244 g/mol. The van der Waals surface area contributed by atoms with Gasteiger partial charge in [0.05, 0.1) is 0 Å². The number of carbonyl (C=O) groups is 1. The number of fused-ring (bicyclic) bond motifs is 1. The summed E-state index contributed by atoms with van der Waals surface area (Å²) in [5.74, 6) is 0.0745. The van der Waals surface area contributed by atoms with Crippen LogP contribution in [0.2, 0.25) is 0 Å². The van der Waals surface area contributed by atoms with Crippen LogP contribution in [0.15, 0.2) is 12.1 Å². The Morgan fingerprint density at radius 3 is 2.33 bits per heavy atom. The highest BCUT2D eigenvalue weighted by molar-refractivity contribution is 5.68. The highest BCUT2D eigenvalue weighted by atomic mass is 16.1. The molecule has 1 heteroatoms. The fraction of sp³-hybridized carbons (Fsp3) is 0.588. The second-order valence-corrected chi connectivity index (χ2v) is 6.61. The maximum Gasteiger partial charge on any atom is 0.124 e. The number of aldehydes is 1. The Balaban J connectivity index is 2.82. The third-order valence-corrected chi connectivity index (χ3v) is 5.08. The van der Waals surface area contributed by atoms with Crippen LogP contribution >= 0.6 is 0 Å². The van der Waals surface area contributed by atoms with E-state index in [-0.39, 0.29) is 16.7 Å². The van der Waals surface area contributed by atoms with Crippen LogP contribution < -0.4 is 0 Å². The maximum absolute atomic E-state index is 11.7. The van der Waals surface area contributed by atoms with Crippen molar-refractivity contribution in [3.8, 4) is 0 Å². The summed E-state index contributed by atoms with van der Waals surface area (Å²) >= 11 is 0. The van der Waals surface area contributed by atoms with Crippen molar-refractivity contribution in [1.82, 2.24) is 0 Å². The number of rotatable bonds is 2. The molecule has 0 N–H and O–H groups in total. The zero-order valence-corrected chi connectivity index (χ0v) is 12.4. The number of aryl methyl sites for hydroxylation is 2. The molecule has 1 aromatic rings. The van der Waals surface area contributed by atoms with Gasteiger partial charge in [-0.1, -0.05) is 45.4 Å². The second kappa shape index (κ2) is 3.94. The lowest BCUT2D eigenvalue weighted by molar-refractivity contribution is -0.114. The van der Waals surface area contributed by atoms with Crippen LogP contribution in [-0.4, -0.2) is 6.29 Å². The molecule has 1 aliphatic rings. The van der Waals surface area contributed by atoms with Gasteiger partial charge in [-0.15, -0.1) is 0 Å². The zero-order chi connectivity index (χ0) is 13.7. The summed E-state index contributed by atoms with van der Waals surface area (Å²) in [7, 11) is 0. The molecule has 0 aromatic heterocycles. The van der Waals surface area contributed by atoms with Crippen LogP contribution in [0.1, 0.15) is 56.4 Å². The normalized spacial score (nSPS) is 29.1. The van der Waals surface area contributed by atoms with Crippen molar-refractivity contribution in [2.24, 2.45) is 5.92 Å². The second-order valence-electron chi connectivity index (χ2n) is 6.61. The Labute approximate surface area is 111 Å². The molecule has 1 aromatic carbocycles. The molecule has 0 heterocycles. The third-order valence-electron chi connectivity index (χ3n) is 5.08. The largest absolute Gasteiger partial charge is 0.303 e. The third kappa shape index (κ3) is 1.49. The van der Waals surface area contributed by atoms with Crippen molar-refractivity contribution in [3.05, 3.63) is 34.4 Å². The van der Waals surface area contributed by atoms with Gasteiger partial charge in [0.2, 0.25) is 0 Å². The molecule has 98 valence electrons. The molecular weight excluding hydrogens is 220 g/mol. The summed E-state index contributed by atoms with van der Waals surface area (Å²) in [6.45, 7) is 13.2. The monoisotopic (exact) mass is 244 g/mol. The van der Waals surface area contributed by atoms with E-state index < -0.39 is 0 Å². The van der Waals surface area contributed by atoms with Crippen LogP contribution in [0.25, 0.3) is 0 Å². The Hall–Kier alpha value is -1.11. The molecule has 18 heavy (non-hydrogen) atoms. The number of benzene rings is 1. The molecule has 0 amide bonds. The van der Waals surface area contributed by atoms with Crippen LogP contribution in [0, 0.1) is 19.8 Å². The molecule has 0 fully saturated rings. The van der Waals surface area contributed by atoms with E-state index in [1.54, 1.807) is 0 Å². The van der Waals surface area contributed by atoms with Gasteiger partial charge in [-0.2, -0.15) is 0 Å². The van der Waals surface area contributed by atoms with Crippen molar-refractivity contribution in [1.29, 1.82) is 0 Å². The number of hydrogen-bond donors (Lipinski definition) is 0. The molecule has 0 radical (unpaired) electrons. The SMILES string of the molecule is CCC1(C)c2c(C)cc(C)cc2C(C)(C)C1C=O. The molecule has 0 aliphatic heterocycles. The number of hydrogen-bond acceptors (Lipinski definition) is 1. The van der Waals surface area contributed by atoms with Crippen molar-refractivity contribution >= 4 is 6.29 Å². The van der Waals surface area contributed by atoms with Crippen molar-refractivity contribution in [3.63, 3.8) is 0 Å². The summed E-state index contributed by atoms with van der Waals surface area (Å²) in [6.07, 6.45) is 2.19. The topological polar surface area (TPSA) is 17.1 Å². The van der Waals surface area contributed by atoms with Gasteiger partial charge in [0.15, 0.2) is 0 Å². The lowest BCUT2D eigenvalue weighted by atomic mass is 9.68. The molecule has 2 rings (SSSR count). The van der Waals surface area contributed by atoms with Gasteiger partial charge in [-0.3, -0.25) is 0 Å². The van der Waals surface area contributed by atoms with E-state index in [0.717, 1.165) is 6.42 Å². The summed E-state index contributed by atoms with van der Waals surface area (Å²) in [5, 5.41) is 0. The molecule has 1 nitrogen and oxygen atoms in total. The molecule has 2 atom stereocenters. The molecule has 0 spiro atoms. The standard InChI is InChI=1S/C17H24O/c1-7-17(6)14(10-18)16(4,5)13-9-11(2)8-12(3)15(13)17/h8-10,14H,7H2,1-6H3. The first kappa shape index (κ1) is 13.3. The smallest absolute Gasteiger partial charge is 0.124 e. The molecular formula is C17H24O. The molecule has 0 saturated heterocycles. The Kier molecular flexibility index (Phi) is 2.92. The van der Waals surface area contributed by atoms with Gasteiger partial charge in [0.1, 0.15) is 6.29 Å². The molecule has 0 saturated carbocycles. The fourth-order valence-electron chi connectivity index (χ4n) is 4.07. The van der Waals surface area contributed by atoms with Gasteiger partial charge >= 0.3 is 0 Å². The fourth-order valence-corrected chi connectivity index (χ4v) is 4.07. The minimum absolute atomic E-state index is 0.0155. The first-order valence-corrected chi connectivity index (χ1v) is 6.86. The van der Waals surface area contributed by atoms with E-state index >= 15 is 0 Å². The summed E-state index contributed by atoms with van der Waals surface area (Å²) < 4.78 is 0. The summed E-state index contributed by atoms with van der Waals surface area (Å²) in [5.41, 5.74) is 5.35. The lowest BCUT2D eigenvalue weighted by Gasteiger charge is -2.34. The molecule has 0 bridgehead atoms. The Morgan fingerprint density at radius 2 is 1.83 bits per heavy atom. The predicted molar refractivity (Wildman–Crippen MR) is 76.1 cm³/mol. The lowest BCUT2D eigenvalue weighted by Crippen LogP contribution is -2.36. The van der Waals surface area contributed by atoms with Gasteiger partial charge in [0, 0.05) is 16.7 Å². The highest BCUT2D eigenvalue weighted by Crippen LogP contribution is 2.55. The Bertz CT molecular complexity index is 499. The van der Waals surface area contributed by atoms with Gasteiger partial charge in [-0.25, -0.2) is 0 Å². The highest BCUT2D eigenvalue weighted by Gasteiger charge is 2.53. The quantitative estimate of drug-likeness (QED) is 0.716. The average Bonchev–Trinajstić information content (AvgIpc) is 2.44. The Morgan fingerprint density at radius 1 is 1.22 bits per heavy atom. The molecule has 2 unspecified atom stereocenters. The van der Waals surface area contributed by atoms with E-state index in [4.69, 9.17) is 0 Å². The first-order chi connectivity index (χ1) is 8.29. The maximum atomic E-state index is 11.7. The van der Waals surface area contributed by atoms with Gasteiger partial charge in [0.25, 0.3) is 0 Å². The summed E-state index contributed by atoms with van der Waals surface area (Å²) in [4.78, 5) is 11.7. The zero-order valence-electron chi connectivity index (χ0n) is 12.4. The van der Waals surface area contributed by atoms with Crippen molar-refractivity contribution < 1.29 is 4.79 Å². The minimum Gasteiger partial charge on any atom is -0.303 e. The van der Waals surface area contributed by atoms with Crippen LogP contribution in [0.4, 0.5) is 0 Å². The van der Waals surface area contributed by atoms with Gasteiger partial charge < -0.3 is 4.79 Å². The predicted octanol–water partition coefficient (Wildman–Crippen LogP) is 4.08. The molecule has 1 aliphatic carbocycles.